The lowest BCUT2D eigenvalue weighted by molar-refractivity contribution is 0.0977. The number of ketones is 1. The third-order valence-electron chi connectivity index (χ3n) is 4.67. The Hall–Kier alpha value is -2.75. The van der Waals surface area contributed by atoms with Gasteiger partial charge in [0.15, 0.2) is 0 Å². The van der Waals surface area contributed by atoms with Gasteiger partial charge in [-0.3, -0.25) is 4.79 Å². The van der Waals surface area contributed by atoms with E-state index in [1.165, 1.54) is 11.1 Å². The lowest BCUT2D eigenvalue weighted by Gasteiger charge is -2.11. The number of nitrogens with zero attached hydrogens (tertiary/aromatic N) is 3. The van der Waals surface area contributed by atoms with E-state index in [1.54, 1.807) is 0 Å². The predicted octanol–water partition coefficient (Wildman–Crippen LogP) is 5.99. The smallest absolute Gasteiger partial charge is 0.217 e. The lowest BCUT2D eigenvalue weighted by atomic mass is 10.0. The highest BCUT2D eigenvalue weighted by Gasteiger charge is 2.33. The Morgan fingerprint density at radius 2 is 1.61 bits per heavy atom. The Balaban J connectivity index is 0.000000261. The zero-order valence-corrected chi connectivity index (χ0v) is 17.6. The van der Waals surface area contributed by atoms with E-state index in [4.69, 9.17) is 0 Å². The van der Waals surface area contributed by atoms with Crippen molar-refractivity contribution in [2.45, 2.75) is 59.4 Å². The van der Waals surface area contributed by atoms with Crippen molar-refractivity contribution < 1.29 is 4.79 Å². The van der Waals surface area contributed by atoms with Gasteiger partial charge in [0.05, 0.1) is 6.04 Å². The number of carbonyl (C=O) groups is 1. The summed E-state index contributed by atoms with van der Waals surface area (Å²) >= 11 is 0. The minimum atomic E-state index is 0.0147. The molecular weight excluding hydrogens is 346 g/mol. The summed E-state index contributed by atoms with van der Waals surface area (Å²) in [6.45, 7) is 10.1. The predicted molar refractivity (Wildman–Crippen MR) is 115 cm³/mol. The van der Waals surface area contributed by atoms with Gasteiger partial charge in [0.25, 0.3) is 0 Å². The fourth-order valence-corrected chi connectivity index (χ4v) is 3.20. The number of aromatic nitrogens is 3. The molecule has 0 fully saturated rings. The number of rotatable bonds is 3. The fraction of sp³-hybridized carbons (Fsp3) is 0.375. The van der Waals surface area contributed by atoms with Gasteiger partial charge in [0.1, 0.15) is 5.82 Å². The molecule has 0 aliphatic carbocycles. The largest absolute Gasteiger partial charge is 0.291 e. The summed E-state index contributed by atoms with van der Waals surface area (Å²) in [5, 5.41) is 4.43. The Labute approximate surface area is 168 Å². The SMILES string of the molecule is CC.CCC(=O)c1nc2n(n1)C(c1ccccc1)CC2C.Cc1ccccc1. The Morgan fingerprint density at radius 1 is 1.04 bits per heavy atom. The monoisotopic (exact) mass is 377 g/mol. The zero-order chi connectivity index (χ0) is 20.5. The van der Waals surface area contributed by atoms with E-state index < -0.39 is 0 Å². The van der Waals surface area contributed by atoms with E-state index in [0.29, 0.717) is 18.2 Å². The molecule has 4 nitrogen and oxygen atoms in total. The molecule has 2 unspecified atom stereocenters. The van der Waals surface area contributed by atoms with Gasteiger partial charge in [-0.25, -0.2) is 9.67 Å². The van der Waals surface area contributed by atoms with Crippen LogP contribution in [0.15, 0.2) is 60.7 Å². The summed E-state index contributed by atoms with van der Waals surface area (Å²) in [5.41, 5.74) is 2.55. The van der Waals surface area contributed by atoms with Gasteiger partial charge in [-0.2, -0.15) is 0 Å². The number of carbonyl (C=O) groups excluding carboxylic acids is 1. The van der Waals surface area contributed by atoms with E-state index in [9.17, 15) is 4.79 Å². The molecule has 0 N–H and O–H groups in total. The third kappa shape index (κ3) is 5.16. The highest BCUT2D eigenvalue weighted by atomic mass is 16.1. The van der Waals surface area contributed by atoms with Crippen LogP contribution in [0, 0.1) is 6.92 Å². The molecule has 2 atom stereocenters. The molecule has 2 aromatic carbocycles. The molecule has 28 heavy (non-hydrogen) atoms. The minimum Gasteiger partial charge on any atom is -0.291 e. The molecule has 0 saturated carbocycles. The maximum absolute atomic E-state index is 11.7. The van der Waals surface area contributed by atoms with Gasteiger partial charge >= 0.3 is 0 Å². The zero-order valence-electron chi connectivity index (χ0n) is 17.6. The molecule has 0 saturated heterocycles. The van der Waals surface area contributed by atoms with Gasteiger partial charge in [0, 0.05) is 12.3 Å². The number of benzene rings is 2. The van der Waals surface area contributed by atoms with Crippen molar-refractivity contribution in [3.63, 3.8) is 0 Å². The minimum absolute atomic E-state index is 0.0147. The maximum atomic E-state index is 11.7. The first kappa shape index (κ1) is 21.5. The molecule has 2 heterocycles. The van der Waals surface area contributed by atoms with Gasteiger partial charge in [-0.1, -0.05) is 93.9 Å². The normalized spacial score (nSPS) is 16.9. The van der Waals surface area contributed by atoms with Crippen LogP contribution in [0.3, 0.4) is 0 Å². The van der Waals surface area contributed by atoms with Crippen LogP contribution in [-0.2, 0) is 0 Å². The van der Waals surface area contributed by atoms with E-state index in [1.807, 2.05) is 61.9 Å². The maximum Gasteiger partial charge on any atom is 0.217 e. The summed E-state index contributed by atoms with van der Waals surface area (Å²) in [4.78, 5) is 16.2. The molecular formula is C24H31N3O. The molecule has 0 radical (unpaired) electrons. The summed E-state index contributed by atoms with van der Waals surface area (Å²) < 4.78 is 1.93. The standard InChI is InChI=1S/C15H17N3O.C7H8.C2H6/c1-3-13(19)14-16-15-10(2)9-12(18(15)17-14)11-7-5-4-6-8-11;1-7-5-3-2-4-6-7;1-2/h4-8,10,12H,3,9H2,1-2H3;2-6H,1H3;1-2H3. The van der Waals surface area contributed by atoms with Crippen LogP contribution in [-0.4, -0.2) is 20.5 Å². The van der Waals surface area contributed by atoms with Crippen LogP contribution in [0.1, 0.15) is 80.1 Å². The Kier molecular flexibility index (Phi) is 8.12. The van der Waals surface area contributed by atoms with Crippen LogP contribution < -0.4 is 0 Å². The Morgan fingerprint density at radius 3 is 2.11 bits per heavy atom. The van der Waals surface area contributed by atoms with Gasteiger partial charge in [-0.05, 0) is 18.9 Å². The molecule has 1 aliphatic heterocycles. The van der Waals surface area contributed by atoms with E-state index in [2.05, 4.69) is 48.2 Å². The number of hydrogen-bond acceptors (Lipinski definition) is 3. The first-order valence-electron chi connectivity index (χ1n) is 10.2. The summed E-state index contributed by atoms with van der Waals surface area (Å²) in [7, 11) is 0. The van der Waals surface area contributed by atoms with E-state index in [0.717, 1.165) is 12.2 Å². The van der Waals surface area contributed by atoms with Crippen LogP contribution in [0.25, 0.3) is 0 Å². The lowest BCUT2D eigenvalue weighted by Crippen LogP contribution is -2.09. The van der Waals surface area contributed by atoms with E-state index >= 15 is 0 Å². The second-order valence-electron chi connectivity index (χ2n) is 6.73. The van der Waals surface area contributed by atoms with Crippen LogP contribution in [0.2, 0.25) is 0 Å². The second kappa shape index (κ2) is 10.5. The molecule has 1 aromatic heterocycles. The molecule has 4 rings (SSSR count). The second-order valence-corrected chi connectivity index (χ2v) is 6.73. The van der Waals surface area contributed by atoms with Crippen molar-refractivity contribution >= 4 is 5.78 Å². The van der Waals surface area contributed by atoms with Crippen LogP contribution >= 0.6 is 0 Å². The number of Topliss-reactive ketones (excluding diaryl/α,β-unsaturated/α-hetero) is 1. The molecule has 0 amide bonds. The third-order valence-corrected chi connectivity index (χ3v) is 4.67. The summed E-state index contributed by atoms with van der Waals surface area (Å²) in [6.07, 6.45) is 1.45. The van der Waals surface area contributed by atoms with Gasteiger partial charge in [0.2, 0.25) is 11.6 Å². The van der Waals surface area contributed by atoms with Crippen molar-refractivity contribution in [3.8, 4) is 0 Å². The van der Waals surface area contributed by atoms with Crippen molar-refractivity contribution in [2.24, 2.45) is 0 Å². The molecule has 1 aliphatic rings. The van der Waals surface area contributed by atoms with Gasteiger partial charge in [-0.15, -0.1) is 5.10 Å². The first-order chi connectivity index (χ1) is 13.6. The first-order valence-corrected chi connectivity index (χ1v) is 10.2. The van der Waals surface area contributed by atoms with Gasteiger partial charge < -0.3 is 0 Å². The Bertz CT molecular complexity index is 856. The number of fused-ring (bicyclic) bond motifs is 1. The highest BCUT2D eigenvalue weighted by Crippen LogP contribution is 2.38. The average Bonchev–Trinajstić information content (AvgIpc) is 3.31. The van der Waals surface area contributed by atoms with Crippen molar-refractivity contribution in [1.82, 2.24) is 14.8 Å². The number of hydrogen-bond donors (Lipinski definition) is 0. The molecule has 0 bridgehead atoms. The van der Waals surface area contributed by atoms with Crippen molar-refractivity contribution in [1.29, 1.82) is 0 Å². The molecule has 3 aromatic rings. The van der Waals surface area contributed by atoms with Crippen molar-refractivity contribution in [3.05, 3.63) is 83.4 Å². The summed E-state index contributed by atoms with van der Waals surface area (Å²) in [5.74, 6) is 1.66. The molecule has 148 valence electrons. The topological polar surface area (TPSA) is 47.8 Å². The van der Waals surface area contributed by atoms with Crippen LogP contribution in [0.5, 0.6) is 0 Å². The van der Waals surface area contributed by atoms with E-state index in [-0.39, 0.29) is 11.8 Å². The number of aryl methyl sites for hydroxylation is 1. The van der Waals surface area contributed by atoms with Crippen molar-refractivity contribution in [2.75, 3.05) is 0 Å². The molecule has 4 heteroatoms. The average molecular weight is 378 g/mol. The summed E-state index contributed by atoms with van der Waals surface area (Å²) in [6, 6.07) is 20.8. The van der Waals surface area contributed by atoms with Crippen LogP contribution in [0.4, 0.5) is 0 Å². The molecule has 0 spiro atoms. The quantitative estimate of drug-likeness (QED) is 0.527. The highest BCUT2D eigenvalue weighted by molar-refractivity contribution is 5.92. The fourth-order valence-electron chi connectivity index (χ4n) is 3.20.